The molecule has 0 unspecified atom stereocenters. The molecule has 1 aliphatic rings. The molecule has 0 spiro atoms. The number of para-hydroxylation sites is 7. The average Bonchev–Trinajstić information content (AvgIpc) is 4.21. The van der Waals surface area contributed by atoms with Gasteiger partial charge in [0, 0.05) is 88.3 Å². The van der Waals surface area contributed by atoms with Crippen molar-refractivity contribution in [3.05, 3.63) is 243 Å². The van der Waals surface area contributed by atoms with E-state index in [9.17, 15) is 0 Å². The summed E-state index contributed by atoms with van der Waals surface area (Å²) in [7, 11) is 0. The second-order valence-electron chi connectivity index (χ2n) is 18.5. The quantitative estimate of drug-likeness (QED) is 0.140. The molecule has 14 aromatic rings. The molecule has 75 heavy (non-hydrogen) atoms. The monoisotopic (exact) mass is 1150 g/mol. The summed E-state index contributed by atoms with van der Waals surface area (Å²) in [6, 6.07) is 77.5. The maximum absolute atomic E-state index is 6.66. The van der Waals surface area contributed by atoms with Gasteiger partial charge >= 0.3 is 0 Å². The van der Waals surface area contributed by atoms with E-state index in [-0.39, 0.29) is 21.1 Å². The van der Waals surface area contributed by atoms with E-state index in [4.69, 9.17) is 9.72 Å². The second kappa shape index (κ2) is 17.7. The number of benzene rings is 9. The summed E-state index contributed by atoms with van der Waals surface area (Å²) < 4.78 is 13.7. The van der Waals surface area contributed by atoms with Gasteiger partial charge in [0.25, 0.3) is 0 Å². The molecule has 0 amide bonds. The number of aromatic nitrogens is 7. The van der Waals surface area contributed by atoms with Crippen LogP contribution in [0.2, 0.25) is 0 Å². The third-order valence-corrected chi connectivity index (χ3v) is 14.4. The molecule has 360 valence electrons. The van der Waals surface area contributed by atoms with Crippen LogP contribution in [0, 0.1) is 25.7 Å². The molecule has 6 heterocycles. The summed E-state index contributed by atoms with van der Waals surface area (Å²) in [5.74, 6) is 2.40. The maximum atomic E-state index is 6.66. The van der Waals surface area contributed by atoms with E-state index in [0.717, 1.165) is 94.8 Å². The van der Waals surface area contributed by atoms with Crippen molar-refractivity contribution in [3.63, 3.8) is 0 Å². The number of rotatable bonds is 8. The fourth-order valence-electron chi connectivity index (χ4n) is 11.2. The molecule has 5 aromatic heterocycles. The van der Waals surface area contributed by atoms with Crippen LogP contribution in [0.3, 0.4) is 0 Å². The summed E-state index contributed by atoms with van der Waals surface area (Å²) in [5, 5.41) is 6.96. The molecule has 0 saturated heterocycles. The first-order valence-electron chi connectivity index (χ1n) is 24.5. The zero-order chi connectivity index (χ0) is 48.9. The van der Waals surface area contributed by atoms with Gasteiger partial charge in [-0.05, 0) is 78.5 Å². The maximum Gasteiger partial charge on any atom is 0.204 e. The molecule has 0 bridgehead atoms. The Morgan fingerprint density at radius 3 is 1.49 bits per heavy atom. The molecular formula is C64H40N9OPt-3. The third-order valence-electron chi connectivity index (χ3n) is 14.4. The number of hydrogen-bond donors (Lipinski definition) is 0. The Balaban J connectivity index is 0.00000516. The Morgan fingerprint density at radius 1 is 0.440 bits per heavy atom. The average molecular weight is 1150 g/mol. The fraction of sp³-hybridized carbons (Fsp3) is 0.0156. The fourth-order valence-corrected chi connectivity index (χ4v) is 11.2. The molecule has 10 nitrogen and oxygen atoms in total. The summed E-state index contributed by atoms with van der Waals surface area (Å²) in [6.45, 7) is 4.16. The van der Waals surface area contributed by atoms with Crippen LogP contribution in [0.1, 0.15) is 5.56 Å². The van der Waals surface area contributed by atoms with Crippen molar-refractivity contribution in [2.45, 2.75) is 6.92 Å². The number of ether oxygens (including phenoxy) is 1. The molecule has 0 radical (unpaired) electrons. The van der Waals surface area contributed by atoms with Crippen molar-refractivity contribution >= 4 is 88.4 Å². The molecule has 1 aliphatic heterocycles. The molecule has 0 saturated carbocycles. The summed E-state index contributed by atoms with van der Waals surface area (Å²) in [6.07, 6.45) is 5.06. The Kier molecular flexibility index (Phi) is 10.5. The number of fused-ring (bicyclic) bond motifs is 10. The van der Waals surface area contributed by atoms with Crippen LogP contribution in [0.4, 0.5) is 23.0 Å². The first-order chi connectivity index (χ1) is 36.6. The zero-order valence-corrected chi connectivity index (χ0v) is 42.4. The molecule has 11 heteroatoms. The number of aryl methyl sites for hydroxylation is 1. The minimum Gasteiger partial charge on any atom is -0.509 e. The van der Waals surface area contributed by atoms with E-state index >= 15 is 0 Å². The van der Waals surface area contributed by atoms with E-state index < -0.39 is 0 Å². The van der Waals surface area contributed by atoms with E-state index in [0.29, 0.717) is 17.4 Å². The summed E-state index contributed by atoms with van der Waals surface area (Å²) in [4.78, 5) is 22.3. The summed E-state index contributed by atoms with van der Waals surface area (Å²) >= 11 is 0. The Hall–Kier alpha value is -9.37. The van der Waals surface area contributed by atoms with Crippen LogP contribution in [-0.2, 0) is 21.1 Å². The van der Waals surface area contributed by atoms with Gasteiger partial charge in [-0.25, -0.2) is 19.9 Å². The van der Waals surface area contributed by atoms with Crippen LogP contribution in [-0.4, -0.2) is 33.6 Å². The largest absolute Gasteiger partial charge is 0.509 e. The third kappa shape index (κ3) is 6.98. The molecule has 15 rings (SSSR count). The predicted molar refractivity (Wildman–Crippen MR) is 296 cm³/mol. The topological polar surface area (TPSA) is 82.1 Å². The smallest absolute Gasteiger partial charge is 0.204 e. The van der Waals surface area contributed by atoms with Crippen LogP contribution in [0.15, 0.2) is 219 Å². The van der Waals surface area contributed by atoms with Crippen molar-refractivity contribution in [1.29, 1.82) is 0 Å². The zero-order valence-electron chi connectivity index (χ0n) is 40.1. The van der Waals surface area contributed by atoms with Gasteiger partial charge in [0.05, 0.1) is 33.4 Å². The van der Waals surface area contributed by atoms with Gasteiger partial charge in [0.15, 0.2) is 0 Å². The van der Waals surface area contributed by atoms with Crippen LogP contribution in [0.5, 0.6) is 11.5 Å². The molecular weight excluding hydrogens is 1110 g/mol. The Morgan fingerprint density at radius 2 is 0.920 bits per heavy atom. The van der Waals surface area contributed by atoms with Crippen molar-refractivity contribution in [1.82, 2.24) is 33.6 Å². The van der Waals surface area contributed by atoms with Crippen molar-refractivity contribution in [2.75, 3.05) is 9.80 Å². The molecule has 0 aliphatic carbocycles. The number of pyridine rings is 1. The minimum absolute atomic E-state index is 0. The SMILES string of the molecule is Cc1cc(-n2c3[c-]c(Oc4[c-]c(N5[CH-]N(c6ncncn6)c6ccccc65)ccc4)ccc3c3ccccc32)ncc1-c1c(-n2c3ccccc3c3ccccc32)cccc1-n1c2ccccc2c2ccccc21.[Pt]. The second-order valence-corrected chi connectivity index (χ2v) is 18.5. The van der Waals surface area contributed by atoms with Crippen molar-refractivity contribution in [3.8, 4) is 39.8 Å². The van der Waals surface area contributed by atoms with Crippen molar-refractivity contribution in [2.24, 2.45) is 0 Å². The first-order valence-corrected chi connectivity index (χ1v) is 24.5. The van der Waals surface area contributed by atoms with E-state index in [1.165, 1.54) is 34.2 Å². The Labute approximate surface area is 445 Å². The van der Waals surface area contributed by atoms with Crippen LogP contribution < -0.4 is 14.5 Å². The standard InChI is InChI=1S/C64H40N9O.Pt/c1-41-34-62(73-56-27-11-6-22-49(56)50-33-32-44(36-61(50)73)74-43-17-14-16-42(35-43)69-40-70(64-67-38-65-39-68-64)58-29-13-12-28-57(58)69)66-37-51(41)63-59(71-52-23-7-2-18-45(52)46-19-3-8-24-53(46)71)30-15-31-60(63)72-54-25-9-4-20-47(54)48-21-5-10-26-55(48)72;/h2-34,37-40H,1H3;/q-3;. The van der Waals surface area contributed by atoms with Gasteiger partial charge in [-0.1, -0.05) is 115 Å². The molecule has 0 fully saturated rings. The Bertz CT molecular complexity index is 4320. The predicted octanol–water partition coefficient (Wildman–Crippen LogP) is 15.3. The minimum atomic E-state index is 0. The van der Waals surface area contributed by atoms with Gasteiger partial charge < -0.3 is 28.2 Å². The van der Waals surface area contributed by atoms with E-state index in [1.54, 1.807) is 0 Å². The normalized spacial score (nSPS) is 12.4. The van der Waals surface area contributed by atoms with Crippen LogP contribution in [0.25, 0.3) is 93.7 Å². The van der Waals surface area contributed by atoms with Crippen LogP contribution >= 0.6 is 0 Å². The van der Waals surface area contributed by atoms with Gasteiger partial charge in [-0.15, -0.1) is 48.1 Å². The molecule has 9 aromatic carbocycles. The first kappa shape index (κ1) is 44.3. The molecule has 0 atom stereocenters. The van der Waals surface area contributed by atoms with Gasteiger partial charge in [0.1, 0.15) is 18.5 Å². The van der Waals surface area contributed by atoms with Crippen molar-refractivity contribution < 1.29 is 25.8 Å². The van der Waals surface area contributed by atoms with E-state index in [2.05, 4.69) is 217 Å². The number of anilines is 4. The van der Waals surface area contributed by atoms with Gasteiger partial charge in [0.2, 0.25) is 5.95 Å². The number of nitrogens with zero attached hydrogens (tertiary/aromatic N) is 9. The number of hydrogen-bond acceptors (Lipinski definition) is 7. The summed E-state index contributed by atoms with van der Waals surface area (Å²) in [5.41, 5.74) is 14.5. The van der Waals surface area contributed by atoms with Gasteiger partial charge in [-0.2, -0.15) is 12.1 Å². The van der Waals surface area contributed by atoms with Gasteiger partial charge in [-0.3, -0.25) is 0 Å². The van der Waals surface area contributed by atoms with E-state index in [1.807, 2.05) is 54.0 Å². The molecule has 0 N–H and O–H groups in total.